The molecule has 2 aliphatic rings. The van der Waals surface area contributed by atoms with Crippen LogP contribution in [0, 0.1) is 6.92 Å². The number of hydrogen-bond donors (Lipinski definition) is 1. The summed E-state index contributed by atoms with van der Waals surface area (Å²) < 4.78 is 31.2. The largest absolute Gasteiger partial charge is 0.495 e. The van der Waals surface area contributed by atoms with Gasteiger partial charge in [-0.2, -0.15) is 4.31 Å². The number of rotatable bonds is 5. The van der Waals surface area contributed by atoms with Gasteiger partial charge in [-0.1, -0.05) is 31.7 Å². The number of piperazine rings is 1. The molecular weight excluding hydrogens is 418 g/mol. The van der Waals surface area contributed by atoms with Crippen LogP contribution in [0.1, 0.15) is 51.0 Å². The van der Waals surface area contributed by atoms with Crippen LogP contribution in [0.5, 0.6) is 5.75 Å². The number of sulfonamides is 1. The summed E-state index contributed by atoms with van der Waals surface area (Å²) in [4.78, 5) is 28.3. The molecule has 3 rings (SSSR count). The minimum atomic E-state index is -3.66. The van der Waals surface area contributed by atoms with Crippen LogP contribution in [0.2, 0.25) is 0 Å². The molecule has 1 N–H and O–H groups in total. The summed E-state index contributed by atoms with van der Waals surface area (Å²) in [6, 6.07) is 5.44. The van der Waals surface area contributed by atoms with Gasteiger partial charge < -0.3 is 10.1 Å². The second-order valence-electron chi connectivity index (χ2n) is 8.87. The fourth-order valence-corrected chi connectivity index (χ4v) is 5.35. The van der Waals surface area contributed by atoms with Gasteiger partial charge in [-0.3, -0.25) is 14.5 Å². The monoisotopic (exact) mass is 451 g/mol. The molecule has 1 heterocycles. The Hall–Kier alpha value is -2.13. The zero-order chi connectivity index (χ0) is 22.8. The van der Waals surface area contributed by atoms with Crippen molar-refractivity contribution < 1.29 is 22.7 Å². The summed E-state index contributed by atoms with van der Waals surface area (Å²) in [5, 5.41) is 3.12. The van der Waals surface area contributed by atoms with Crippen LogP contribution in [-0.4, -0.2) is 62.6 Å². The topological polar surface area (TPSA) is 96.0 Å². The molecule has 1 atom stereocenters. The third-order valence-electron chi connectivity index (χ3n) is 6.26. The van der Waals surface area contributed by atoms with Gasteiger partial charge in [0.1, 0.15) is 11.3 Å². The van der Waals surface area contributed by atoms with Crippen LogP contribution in [0.15, 0.2) is 18.2 Å². The van der Waals surface area contributed by atoms with E-state index in [1.54, 1.807) is 19.1 Å². The fraction of sp³-hybridized carbons (Fsp3) is 0.636. The second-order valence-corrected chi connectivity index (χ2v) is 10.9. The first-order valence-corrected chi connectivity index (χ1v) is 12.6. The van der Waals surface area contributed by atoms with Crippen molar-refractivity contribution in [1.29, 1.82) is 0 Å². The molecule has 31 heavy (non-hydrogen) atoms. The third-order valence-corrected chi connectivity index (χ3v) is 7.46. The summed E-state index contributed by atoms with van der Waals surface area (Å²) in [6.45, 7) is 3.09. The first-order valence-electron chi connectivity index (χ1n) is 10.8. The summed E-state index contributed by atoms with van der Waals surface area (Å²) in [6.07, 6.45) is 7.23. The minimum absolute atomic E-state index is 0.0248. The smallest absolute Gasteiger partial charge is 0.247 e. The van der Waals surface area contributed by atoms with Crippen molar-refractivity contribution in [3.8, 4) is 5.75 Å². The molecule has 0 spiro atoms. The van der Waals surface area contributed by atoms with E-state index in [0.717, 1.165) is 54.6 Å². The van der Waals surface area contributed by atoms with Crippen LogP contribution in [0.25, 0.3) is 0 Å². The Morgan fingerprint density at radius 2 is 1.84 bits per heavy atom. The number of nitrogens with one attached hydrogen (secondary N) is 1. The lowest BCUT2D eigenvalue weighted by molar-refractivity contribution is -0.133. The Bertz CT molecular complexity index is 940. The van der Waals surface area contributed by atoms with Crippen molar-refractivity contribution in [2.45, 2.75) is 64.0 Å². The molecule has 172 valence electrons. The number of ether oxygens (including phenoxy) is 1. The molecule has 8 nitrogen and oxygen atoms in total. The van der Waals surface area contributed by atoms with Crippen LogP contribution in [0.4, 0.5) is 5.69 Å². The van der Waals surface area contributed by atoms with Gasteiger partial charge in [-0.25, -0.2) is 8.42 Å². The van der Waals surface area contributed by atoms with Crippen LogP contribution < -0.4 is 15.0 Å². The van der Waals surface area contributed by atoms with Gasteiger partial charge >= 0.3 is 0 Å². The predicted octanol–water partition coefficient (Wildman–Crippen LogP) is 2.21. The summed E-state index contributed by atoms with van der Waals surface area (Å²) in [5.74, 6) is -0.344. The zero-order valence-corrected chi connectivity index (χ0v) is 19.6. The maximum Gasteiger partial charge on any atom is 0.247 e. The van der Waals surface area contributed by atoms with E-state index in [2.05, 4.69) is 5.32 Å². The zero-order valence-electron chi connectivity index (χ0n) is 18.8. The predicted molar refractivity (Wildman–Crippen MR) is 120 cm³/mol. The van der Waals surface area contributed by atoms with Gasteiger partial charge in [0.2, 0.25) is 21.8 Å². The van der Waals surface area contributed by atoms with Gasteiger partial charge in [0.25, 0.3) is 0 Å². The number of carbonyl (C=O) groups is 2. The number of carbonyl (C=O) groups excluding carboxylic acids is 2. The molecule has 1 aliphatic heterocycles. The van der Waals surface area contributed by atoms with Crippen molar-refractivity contribution >= 4 is 27.5 Å². The van der Waals surface area contributed by atoms with E-state index in [1.807, 2.05) is 13.0 Å². The highest BCUT2D eigenvalue weighted by Gasteiger charge is 2.51. The Balaban J connectivity index is 2.03. The van der Waals surface area contributed by atoms with E-state index in [1.165, 1.54) is 12.0 Å². The van der Waals surface area contributed by atoms with Crippen molar-refractivity contribution in [1.82, 2.24) is 9.62 Å². The molecule has 0 aromatic heterocycles. The molecule has 2 amide bonds. The SMILES string of the molecule is COc1ccc(C)cc1N1C(=O)CN(S(C)(=O)=O)C[C@]1(C)C(=O)NC1CCCCCC1. The Morgan fingerprint density at radius 3 is 2.42 bits per heavy atom. The lowest BCUT2D eigenvalue weighted by Crippen LogP contribution is -2.70. The molecule has 1 aromatic rings. The Kier molecular flexibility index (Phi) is 6.95. The van der Waals surface area contributed by atoms with Gasteiger partial charge in [-0.05, 0) is 44.4 Å². The van der Waals surface area contributed by atoms with E-state index >= 15 is 0 Å². The van der Waals surface area contributed by atoms with Crippen molar-refractivity contribution in [3.05, 3.63) is 23.8 Å². The Labute approximate surface area is 185 Å². The Morgan fingerprint density at radius 1 is 1.19 bits per heavy atom. The van der Waals surface area contributed by atoms with Crippen molar-refractivity contribution in [2.75, 3.05) is 31.4 Å². The van der Waals surface area contributed by atoms with Gasteiger partial charge in [-0.15, -0.1) is 0 Å². The number of methoxy groups -OCH3 is 1. The number of hydrogen-bond acceptors (Lipinski definition) is 5. The quantitative estimate of drug-likeness (QED) is 0.693. The molecule has 1 aromatic carbocycles. The lowest BCUT2D eigenvalue weighted by Gasteiger charge is -2.47. The standard InChI is InChI=1S/C22H33N3O5S/c1-16-11-12-19(30-3)18(13-16)25-20(26)14-24(31(4,28)29)15-22(25,2)21(27)23-17-9-7-5-6-8-10-17/h11-13,17H,5-10,14-15H2,1-4H3,(H,23,27)/t22-/m1/s1. The molecule has 9 heteroatoms. The highest BCUT2D eigenvalue weighted by Crippen LogP contribution is 2.37. The highest BCUT2D eigenvalue weighted by molar-refractivity contribution is 7.88. The molecule has 1 saturated carbocycles. The maximum absolute atomic E-state index is 13.6. The normalized spacial score (nSPS) is 24.0. The fourth-order valence-electron chi connectivity index (χ4n) is 4.51. The number of nitrogens with zero attached hydrogens (tertiary/aromatic N) is 2. The van der Waals surface area contributed by atoms with E-state index in [4.69, 9.17) is 4.74 Å². The highest BCUT2D eigenvalue weighted by atomic mass is 32.2. The molecular formula is C22H33N3O5S. The number of amides is 2. The molecule has 0 bridgehead atoms. The van der Waals surface area contributed by atoms with E-state index in [9.17, 15) is 18.0 Å². The number of aryl methyl sites for hydroxylation is 1. The first-order chi connectivity index (χ1) is 14.6. The van der Waals surface area contributed by atoms with Crippen LogP contribution in [0.3, 0.4) is 0 Å². The molecule has 2 fully saturated rings. The summed E-state index contributed by atoms with van der Waals surface area (Å²) in [5.41, 5.74) is -0.0361. The minimum Gasteiger partial charge on any atom is -0.495 e. The van der Waals surface area contributed by atoms with Crippen molar-refractivity contribution in [3.63, 3.8) is 0 Å². The van der Waals surface area contributed by atoms with E-state index in [0.29, 0.717) is 11.4 Å². The number of benzene rings is 1. The molecule has 1 saturated heterocycles. The van der Waals surface area contributed by atoms with E-state index < -0.39 is 21.5 Å². The van der Waals surface area contributed by atoms with Crippen molar-refractivity contribution in [2.24, 2.45) is 0 Å². The molecule has 1 aliphatic carbocycles. The van der Waals surface area contributed by atoms with Gasteiger partial charge in [0, 0.05) is 12.6 Å². The maximum atomic E-state index is 13.6. The van der Waals surface area contributed by atoms with Crippen LogP contribution >= 0.6 is 0 Å². The van der Waals surface area contributed by atoms with Crippen LogP contribution in [-0.2, 0) is 19.6 Å². The van der Waals surface area contributed by atoms with E-state index in [-0.39, 0.29) is 25.0 Å². The van der Waals surface area contributed by atoms with Gasteiger partial charge in [0.05, 0.1) is 25.6 Å². The summed E-state index contributed by atoms with van der Waals surface area (Å²) in [7, 11) is -2.15. The number of anilines is 1. The third kappa shape index (κ3) is 5.03. The molecule has 0 radical (unpaired) electrons. The molecule has 0 unspecified atom stereocenters. The summed E-state index contributed by atoms with van der Waals surface area (Å²) >= 11 is 0. The van der Waals surface area contributed by atoms with Gasteiger partial charge in [0.15, 0.2) is 0 Å². The average molecular weight is 452 g/mol. The lowest BCUT2D eigenvalue weighted by atomic mass is 9.93. The average Bonchev–Trinajstić information content (AvgIpc) is 2.95. The second kappa shape index (κ2) is 9.16. The first kappa shape index (κ1) is 23.5.